The fourth-order valence-corrected chi connectivity index (χ4v) is 5.31. The standard InChI is InChI=1S/C28H27ClN6O2/c1-2-25(36)34-13-3-4-20(16-34)26-22-10-12-32-28(30)35(22)27(33-26)19-7-8-23(21(29)14-19)37-24-15-18(9-11-31-24)17-5-6-17/h2,7-12,14-15,17,20H,1,3-6,13,16H2,(H2,30,32). The van der Waals surface area contributed by atoms with Crippen LogP contribution in [0.25, 0.3) is 16.9 Å². The molecule has 1 aliphatic heterocycles. The molecule has 1 amide bonds. The number of hydrogen-bond acceptors (Lipinski definition) is 6. The van der Waals surface area contributed by atoms with Crippen molar-refractivity contribution in [2.75, 3.05) is 18.8 Å². The number of ether oxygens (including phenoxy) is 1. The minimum absolute atomic E-state index is 0.0610. The molecular formula is C28H27ClN6O2. The number of nitrogens with two attached hydrogens (primary N) is 1. The van der Waals surface area contributed by atoms with Crippen LogP contribution in [0.1, 0.15) is 48.8 Å². The lowest BCUT2D eigenvalue weighted by atomic mass is 9.94. The minimum Gasteiger partial charge on any atom is -0.437 e. The second-order valence-corrected chi connectivity index (χ2v) is 10.0. The summed E-state index contributed by atoms with van der Waals surface area (Å²) in [5, 5.41) is 0.442. The zero-order valence-corrected chi connectivity index (χ0v) is 21.1. The van der Waals surface area contributed by atoms with E-state index in [4.69, 9.17) is 27.1 Å². The van der Waals surface area contributed by atoms with Gasteiger partial charge in [0.2, 0.25) is 17.7 Å². The Morgan fingerprint density at radius 1 is 1.11 bits per heavy atom. The zero-order chi connectivity index (χ0) is 25.5. The number of rotatable bonds is 6. The number of pyridine rings is 1. The Hall–Kier alpha value is -3.91. The molecule has 9 heteroatoms. The molecule has 0 spiro atoms. The van der Waals surface area contributed by atoms with E-state index in [9.17, 15) is 4.79 Å². The molecular weight excluding hydrogens is 488 g/mol. The summed E-state index contributed by atoms with van der Waals surface area (Å²) in [5.41, 5.74) is 10.1. The Balaban J connectivity index is 1.34. The van der Waals surface area contributed by atoms with E-state index in [0.29, 0.717) is 40.9 Å². The van der Waals surface area contributed by atoms with Crippen molar-refractivity contribution in [3.63, 3.8) is 0 Å². The van der Waals surface area contributed by atoms with Crippen LogP contribution in [0.2, 0.25) is 5.02 Å². The second-order valence-electron chi connectivity index (χ2n) is 9.62. The lowest BCUT2D eigenvalue weighted by molar-refractivity contribution is -0.127. The number of hydrogen-bond donors (Lipinski definition) is 1. The van der Waals surface area contributed by atoms with Crippen LogP contribution in [-0.4, -0.2) is 43.2 Å². The summed E-state index contributed by atoms with van der Waals surface area (Å²) in [6.07, 6.45) is 9.06. The number of amides is 1. The minimum atomic E-state index is -0.0610. The van der Waals surface area contributed by atoms with Crippen LogP contribution < -0.4 is 10.5 Å². The van der Waals surface area contributed by atoms with Crippen molar-refractivity contribution >= 4 is 29.0 Å². The van der Waals surface area contributed by atoms with E-state index in [1.165, 1.54) is 24.5 Å². The molecule has 2 aliphatic rings. The fraction of sp³-hybridized carbons (Fsp3) is 0.286. The van der Waals surface area contributed by atoms with Crippen molar-refractivity contribution in [1.82, 2.24) is 24.3 Å². The van der Waals surface area contributed by atoms with Crippen molar-refractivity contribution in [3.8, 4) is 23.0 Å². The number of anilines is 1. The number of carbonyl (C=O) groups excluding carboxylic acids is 1. The summed E-state index contributed by atoms with van der Waals surface area (Å²) in [6, 6.07) is 11.5. The molecule has 1 atom stereocenters. The largest absolute Gasteiger partial charge is 0.437 e. The fourth-order valence-electron chi connectivity index (χ4n) is 5.09. The number of benzene rings is 1. The van der Waals surface area contributed by atoms with E-state index in [0.717, 1.165) is 36.2 Å². The van der Waals surface area contributed by atoms with E-state index in [2.05, 4.69) is 16.5 Å². The highest BCUT2D eigenvalue weighted by Crippen LogP contribution is 2.41. The molecule has 2 N–H and O–H groups in total. The van der Waals surface area contributed by atoms with Gasteiger partial charge in [-0.15, -0.1) is 0 Å². The van der Waals surface area contributed by atoms with Gasteiger partial charge in [0.1, 0.15) is 11.6 Å². The number of piperidine rings is 1. The summed E-state index contributed by atoms with van der Waals surface area (Å²) in [6.45, 7) is 4.94. The maximum atomic E-state index is 12.3. The van der Waals surface area contributed by atoms with Crippen molar-refractivity contribution in [1.29, 1.82) is 0 Å². The van der Waals surface area contributed by atoms with Gasteiger partial charge in [0.15, 0.2) is 0 Å². The Morgan fingerprint density at radius 2 is 1.95 bits per heavy atom. The highest BCUT2D eigenvalue weighted by atomic mass is 35.5. The first-order valence-electron chi connectivity index (χ1n) is 12.5. The molecule has 1 aromatic carbocycles. The number of halogens is 1. The number of fused-ring (bicyclic) bond motifs is 1. The topological polar surface area (TPSA) is 98.6 Å². The Morgan fingerprint density at radius 3 is 2.73 bits per heavy atom. The number of imidazole rings is 1. The third kappa shape index (κ3) is 4.53. The lowest BCUT2D eigenvalue weighted by Gasteiger charge is -2.31. The number of aromatic nitrogens is 4. The van der Waals surface area contributed by atoms with Gasteiger partial charge < -0.3 is 15.4 Å². The number of nitrogens with zero attached hydrogens (tertiary/aromatic N) is 5. The number of nitrogen functional groups attached to an aromatic ring is 1. The quantitative estimate of drug-likeness (QED) is 0.337. The Labute approximate surface area is 219 Å². The SMILES string of the molecule is C=CC(=O)N1CCCC(c2nc(-c3ccc(Oc4cc(C5CC5)ccn4)c(Cl)c3)n3c(N)nccc23)C1. The molecule has 37 heavy (non-hydrogen) atoms. The first-order chi connectivity index (χ1) is 18.0. The normalized spacial score (nSPS) is 17.6. The van der Waals surface area contributed by atoms with Gasteiger partial charge in [-0.05, 0) is 73.6 Å². The smallest absolute Gasteiger partial charge is 0.245 e. The Kier molecular flexibility index (Phi) is 6.04. The predicted octanol–water partition coefficient (Wildman–Crippen LogP) is 5.59. The first kappa shape index (κ1) is 23.5. The maximum Gasteiger partial charge on any atom is 0.245 e. The molecule has 1 aliphatic carbocycles. The molecule has 4 aromatic rings. The van der Waals surface area contributed by atoms with Crippen LogP contribution in [0, 0.1) is 0 Å². The lowest BCUT2D eigenvalue weighted by Crippen LogP contribution is -2.38. The molecule has 188 valence electrons. The van der Waals surface area contributed by atoms with Gasteiger partial charge in [-0.3, -0.25) is 9.20 Å². The van der Waals surface area contributed by atoms with Gasteiger partial charge in [0, 0.05) is 43.0 Å². The highest BCUT2D eigenvalue weighted by molar-refractivity contribution is 6.32. The molecule has 0 bridgehead atoms. The summed E-state index contributed by atoms with van der Waals surface area (Å²) in [5.74, 6) is 2.64. The maximum absolute atomic E-state index is 12.3. The van der Waals surface area contributed by atoms with Gasteiger partial charge in [0.05, 0.1) is 16.2 Å². The molecule has 0 radical (unpaired) electrons. The van der Waals surface area contributed by atoms with Crippen molar-refractivity contribution < 1.29 is 9.53 Å². The van der Waals surface area contributed by atoms with E-state index in [-0.39, 0.29) is 11.8 Å². The van der Waals surface area contributed by atoms with E-state index in [1.807, 2.05) is 45.7 Å². The molecule has 8 nitrogen and oxygen atoms in total. The molecule has 4 heterocycles. The van der Waals surface area contributed by atoms with Crippen LogP contribution in [-0.2, 0) is 4.79 Å². The van der Waals surface area contributed by atoms with Gasteiger partial charge in [-0.2, -0.15) is 0 Å². The van der Waals surface area contributed by atoms with E-state index >= 15 is 0 Å². The van der Waals surface area contributed by atoms with Crippen molar-refractivity contribution in [2.45, 2.75) is 37.5 Å². The van der Waals surface area contributed by atoms with Crippen LogP contribution in [0.4, 0.5) is 5.95 Å². The number of carbonyl (C=O) groups is 1. The predicted molar refractivity (Wildman–Crippen MR) is 143 cm³/mol. The monoisotopic (exact) mass is 514 g/mol. The molecule has 1 saturated heterocycles. The molecule has 6 rings (SSSR count). The second kappa shape index (κ2) is 9.52. The summed E-state index contributed by atoms with van der Waals surface area (Å²) in [4.78, 5) is 27.7. The van der Waals surface area contributed by atoms with Gasteiger partial charge in [0.25, 0.3) is 0 Å². The van der Waals surface area contributed by atoms with Crippen molar-refractivity contribution in [2.24, 2.45) is 0 Å². The third-order valence-corrected chi connectivity index (χ3v) is 7.41. The number of likely N-dealkylation sites (tertiary alicyclic amines) is 1. The zero-order valence-electron chi connectivity index (χ0n) is 20.3. The highest BCUT2D eigenvalue weighted by Gasteiger charge is 2.29. The first-order valence-corrected chi connectivity index (χ1v) is 12.9. The molecule has 3 aromatic heterocycles. The third-order valence-electron chi connectivity index (χ3n) is 7.12. The van der Waals surface area contributed by atoms with Crippen LogP contribution in [0.5, 0.6) is 11.6 Å². The molecule has 1 saturated carbocycles. The Bertz CT molecular complexity index is 1510. The van der Waals surface area contributed by atoms with Crippen LogP contribution in [0.15, 0.2) is 61.4 Å². The van der Waals surface area contributed by atoms with Gasteiger partial charge >= 0.3 is 0 Å². The molecule has 2 fully saturated rings. The summed E-state index contributed by atoms with van der Waals surface area (Å²) >= 11 is 6.67. The summed E-state index contributed by atoms with van der Waals surface area (Å²) < 4.78 is 7.87. The van der Waals surface area contributed by atoms with Crippen LogP contribution in [0.3, 0.4) is 0 Å². The van der Waals surface area contributed by atoms with E-state index < -0.39 is 0 Å². The molecule has 1 unspecified atom stereocenters. The average Bonchev–Trinajstić information content (AvgIpc) is 3.70. The van der Waals surface area contributed by atoms with Gasteiger partial charge in [-0.1, -0.05) is 18.2 Å². The van der Waals surface area contributed by atoms with Gasteiger partial charge in [-0.25, -0.2) is 15.0 Å². The van der Waals surface area contributed by atoms with Crippen molar-refractivity contribution in [3.05, 3.63) is 77.7 Å². The van der Waals surface area contributed by atoms with E-state index in [1.54, 1.807) is 12.4 Å². The summed E-state index contributed by atoms with van der Waals surface area (Å²) in [7, 11) is 0. The van der Waals surface area contributed by atoms with Crippen LogP contribution >= 0.6 is 11.6 Å². The average molecular weight is 515 g/mol.